The van der Waals surface area contributed by atoms with Crippen molar-refractivity contribution >= 4 is 23.3 Å². The third-order valence-electron chi connectivity index (χ3n) is 3.71. The van der Waals surface area contributed by atoms with Crippen LogP contribution in [0.3, 0.4) is 0 Å². The molecule has 2 aromatic rings. The summed E-state index contributed by atoms with van der Waals surface area (Å²) in [6, 6.07) is 10.1. The van der Waals surface area contributed by atoms with Gasteiger partial charge in [-0.15, -0.1) is 8.78 Å². The highest BCUT2D eigenvalue weighted by molar-refractivity contribution is 5.90. The number of rotatable bonds is 4. The maximum absolute atomic E-state index is 13.0. The van der Waals surface area contributed by atoms with Gasteiger partial charge in [-0.25, -0.2) is 4.79 Å². The van der Waals surface area contributed by atoms with Crippen molar-refractivity contribution in [3.63, 3.8) is 0 Å². The van der Waals surface area contributed by atoms with Crippen LogP contribution in [-0.2, 0) is 4.79 Å². The first-order valence-electron chi connectivity index (χ1n) is 8.07. The van der Waals surface area contributed by atoms with Crippen LogP contribution >= 0.6 is 0 Å². The molecule has 1 aliphatic rings. The summed E-state index contributed by atoms with van der Waals surface area (Å²) in [7, 11) is 0. The minimum Gasteiger partial charge on any atom is -0.395 e. The van der Waals surface area contributed by atoms with Gasteiger partial charge in [0.15, 0.2) is 11.5 Å². The molecule has 9 heteroatoms. The fourth-order valence-electron chi connectivity index (χ4n) is 2.56. The average Bonchev–Trinajstić information content (AvgIpc) is 2.87. The number of alkyl halides is 2. The summed E-state index contributed by atoms with van der Waals surface area (Å²) in [6.45, 7) is 3.18. The number of halogens is 2. The van der Waals surface area contributed by atoms with Crippen molar-refractivity contribution in [2.24, 2.45) is 0 Å². The SMILES string of the molecule is CC(=O)Nc1cccc([C@@H](C)NC(=O)Nc2ccc3c(c2)OC(F)(F)O3)c1. The van der Waals surface area contributed by atoms with Crippen LogP contribution in [0.2, 0.25) is 0 Å². The normalized spacial score (nSPS) is 15.0. The van der Waals surface area contributed by atoms with E-state index in [0.29, 0.717) is 5.69 Å². The van der Waals surface area contributed by atoms with Crippen LogP contribution < -0.4 is 25.4 Å². The van der Waals surface area contributed by atoms with E-state index >= 15 is 0 Å². The Morgan fingerprint density at radius 2 is 1.70 bits per heavy atom. The van der Waals surface area contributed by atoms with Crippen molar-refractivity contribution in [2.45, 2.75) is 26.2 Å². The van der Waals surface area contributed by atoms with Gasteiger partial charge in [0.2, 0.25) is 5.91 Å². The van der Waals surface area contributed by atoms with E-state index in [2.05, 4.69) is 25.4 Å². The smallest absolute Gasteiger partial charge is 0.395 e. The second kappa shape index (κ2) is 7.10. The van der Waals surface area contributed by atoms with Gasteiger partial charge in [0.1, 0.15) is 0 Å². The third-order valence-corrected chi connectivity index (χ3v) is 3.71. The number of amides is 3. The lowest BCUT2D eigenvalue weighted by Gasteiger charge is -2.16. The maximum atomic E-state index is 13.0. The number of carbonyl (C=O) groups excluding carboxylic acids is 2. The molecule has 0 bridgehead atoms. The van der Waals surface area contributed by atoms with E-state index in [1.807, 2.05) is 0 Å². The molecule has 0 radical (unpaired) electrons. The van der Waals surface area contributed by atoms with Crippen LogP contribution in [0, 0.1) is 0 Å². The molecule has 0 spiro atoms. The van der Waals surface area contributed by atoms with Crippen molar-refractivity contribution in [1.29, 1.82) is 0 Å². The minimum absolute atomic E-state index is 0.103. The topological polar surface area (TPSA) is 88.7 Å². The average molecular weight is 377 g/mol. The van der Waals surface area contributed by atoms with Gasteiger partial charge in [-0.05, 0) is 36.8 Å². The summed E-state index contributed by atoms with van der Waals surface area (Å²) in [5.74, 6) is -0.457. The van der Waals surface area contributed by atoms with Crippen LogP contribution in [0.5, 0.6) is 11.5 Å². The number of carbonyl (C=O) groups is 2. The monoisotopic (exact) mass is 377 g/mol. The number of hydrogen-bond donors (Lipinski definition) is 3. The Bertz CT molecular complexity index is 889. The summed E-state index contributed by atoms with van der Waals surface area (Å²) >= 11 is 0. The Labute approximate surface area is 153 Å². The summed E-state index contributed by atoms with van der Waals surface area (Å²) in [6.07, 6.45) is -3.71. The number of fused-ring (bicyclic) bond motifs is 1. The third kappa shape index (κ3) is 4.63. The van der Waals surface area contributed by atoms with E-state index in [0.717, 1.165) is 5.56 Å². The van der Waals surface area contributed by atoms with Gasteiger partial charge in [-0.2, -0.15) is 0 Å². The fourth-order valence-corrected chi connectivity index (χ4v) is 2.56. The maximum Gasteiger partial charge on any atom is 0.586 e. The molecule has 2 aromatic carbocycles. The molecule has 7 nitrogen and oxygen atoms in total. The van der Waals surface area contributed by atoms with Crippen LogP contribution in [0.4, 0.5) is 25.0 Å². The Balaban J connectivity index is 1.62. The number of ether oxygens (including phenoxy) is 2. The molecular weight excluding hydrogens is 360 g/mol. The quantitative estimate of drug-likeness (QED) is 0.755. The van der Waals surface area contributed by atoms with E-state index in [4.69, 9.17) is 0 Å². The van der Waals surface area contributed by atoms with Crippen LogP contribution in [0.1, 0.15) is 25.5 Å². The second-order valence-electron chi connectivity index (χ2n) is 5.96. The van der Waals surface area contributed by atoms with Crippen molar-refractivity contribution in [3.8, 4) is 11.5 Å². The molecule has 3 rings (SSSR count). The standard InChI is InChI=1S/C18H17F2N3O4/c1-10(12-4-3-5-13(8-12)22-11(2)24)21-17(25)23-14-6-7-15-16(9-14)27-18(19,20)26-15/h3-10H,1-2H3,(H,22,24)(H2,21,23,25)/t10-/m1/s1. The van der Waals surface area contributed by atoms with E-state index in [1.54, 1.807) is 31.2 Å². The second-order valence-corrected chi connectivity index (χ2v) is 5.96. The van der Waals surface area contributed by atoms with E-state index < -0.39 is 12.3 Å². The molecule has 1 aliphatic heterocycles. The largest absolute Gasteiger partial charge is 0.586 e. The number of hydrogen-bond acceptors (Lipinski definition) is 4. The molecule has 27 heavy (non-hydrogen) atoms. The van der Waals surface area contributed by atoms with E-state index in [-0.39, 0.29) is 29.1 Å². The molecule has 0 aliphatic carbocycles. The predicted molar refractivity (Wildman–Crippen MR) is 94.0 cm³/mol. The molecule has 1 atom stereocenters. The molecule has 0 fully saturated rings. The van der Waals surface area contributed by atoms with Crippen molar-refractivity contribution < 1.29 is 27.8 Å². The highest BCUT2D eigenvalue weighted by Crippen LogP contribution is 2.42. The molecule has 0 saturated heterocycles. The zero-order chi connectivity index (χ0) is 19.6. The van der Waals surface area contributed by atoms with E-state index in [9.17, 15) is 18.4 Å². The van der Waals surface area contributed by atoms with Gasteiger partial charge in [0.25, 0.3) is 0 Å². The lowest BCUT2D eigenvalue weighted by Crippen LogP contribution is -2.31. The molecule has 3 N–H and O–H groups in total. The summed E-state index contributed by atoms with van der Waals surface area (Å²) in [5, 5.41) is 7.94. The molecule has 1 heterocycles. The fraction of sp³-hybridized carbons (Fsp3) is 0.222. The van der Waals surface area contributed by atoms with Crippen molar-refractivity contribution in [2.75, 3.05) is 10.6 Å². The highest BCUT2D eigenvalue weighted by atomic mass is 19.3. The Kier molecular flexibility index (Phi) is 4.85. The Hall–Kier alpha value is -3.36. The molecule has 142 valence electrons. The van der Waals surface area contributed by atoms with Crippen LogP contribution in [0.25, 0.3) is 0 Å². The lowest BCUT2D eigenvalue weighted by molar-refractivity contribution is -0.286. The van der Waals surface area contributed by atoms with Gasteiger partial charge in [-0.1, -0.05) is 12.1 Å². The summed E-state index contributed by atoms with van der Waals surface area (Å²) < 4.78 is 34.7. The molecular formula is C18H17F2N3O4. The molecule has 0 aromatic heterocycles. The van der Waals surface area contributed by atoms with Gasteiger partial charge in [0.05, 0.1) is 6.04 Å². The van der Waals surface area contributed by atoms with Gasteiger partial charge in [-0.3, -0.25) is 4.79 Å². The molecule has 3 amide bonds. The number of benzene rings is 2. The zero-order valence-electron chi connectivity index (χ0n) is 14.5. The number of nitrogens with one attached hydrogen (secondary N) is 3. The van der Waals surface area contributed by atoms with Crippen LogP contribution in [-0.4, -0.2) is 18.2 Å². The number of anilines is 2. The Morgan fingerprint density at radius 3 is 2.44 bits per heavy atom. The van der Waals surface area contributed by atoms with E-state index in [1.165, 1.54) is 25.1 Å². The molecule has 0 saturated carbocycles. The van der Waals surface area contributed by atoms with Crippen molar-refractivity contribution in [3.05, 3.63) is 48.0 Å². The Morgan fingerprint density at radius 1 is 1.00 bits per heavy atom. The van der Waals surface area contributed by atoms with Crippen molar-refractivity contribution in [1.82, 2.24) is 5.32 Å². The van der Waals surface area contributed by atoms with Gasteiger partial charge >= 0.3 is 12.3 Å². The number of urea groups is 1. The first kappa shape index (κ1) is 18.4. The van der Waals surface area contributed by atoms with Gasteiger partial charge < -0.3 is 25.4 Å². The zero-order valence-corrected chi connectivity index (χ0v) is 14.5. The summed E-state index contributed by atoms with van der Waals surface area (Å²) in [5.41, 5.74) is 1.67. The predicted octanol–water partition coefficient (Wildman–Crippen LogP) is 3.85. The van der Waals surface area contributed by atoms with Gasteiger partial charge in [0, 0.05) is 24.4 Å². The first-order valence-corrected chi connectivity index (χ1v) is 8.07. The lowest BCUT2D eigenvalue weighted by atomic mass is 10.1. The van der Waals surface area contributed by atoms with Crippen LogP contribution in [0.15, 0.2) is 42.5 Å². The first-order chi connectivity index (χ1) is 12.7. The molecule has 0 unspecified atom stereocenters. The summed E-state index contributed by atoms with van der Waals surface area (Å²) in [4.78, 5) is 23.3. The minimum atomic E-state index is -3.71. The highest BCUT2D eigenvalue weighted by Gasteiger charge is 2.43.